The van der Waals surface area contributed by atoms with Gasteiger partial charge in [-0.25, -0.2) is 4.79 Å². The number of nitrogens with one attached hydrogen (secondary N) is 1. The first-order valence-corrected chi connectivity index (χ1v) is 12.8. The van der Waals surface area contributed by atoms with Crippen LogP contribution in [0.2, 0.25) is 0 Å². The monoisotopic (exact) mass is 488 g/mol. The van der Waals surface area contributed by atoms with Crippen LogP contribution in [0.5, 0.6) is 0 Å². The molecule has 35 heavy (non-hydrogen) atoms. The lowest BCUT2D eigenvalue weighted by molar-refractivity contribution is -0.129. The van der Waals surface area contributed by atoms with E-state index in [1.807, 2.05) is 35.2 Å². The molecule has 7 heteroatoms. The molecule has 0 spiro atoms. The van der Waals surface area contributed by atoms with Crippen LogP contribution < -0.4 is 5.32 Å². The molecule has 1 unspecified atom stereocenters. The average molecular weight is 489 g/mol. The van der Waals surface area contributed by atoms with Gasteiger partial charge in [0.15, 0.2) is 5.50 Å². The minimum Gasteiger partial charge on any atom is -0.478 e. The summed E-state index contributed by atoms with van der Waals surface area (Å²) in [6.07, 6.45) is 6.24. The Balaban J connectivity index is 1.44. The van der Waals surface area contributed by atoms with Crippen LogP contribution in [0.3, 0.4) is 0 Å². The van der Waals surface area contributed by atoms with Crippen LogP contribution in [0.1, 0.15) is 48.7 Å². The number of furan rings is 1. The van der Waals surface area contributed by atoms with Crippen LogP contribution in [0.15, 0.2) is 76.1 Å². The third-order valence-corrected chi connectivity index (χ3v) is 7.86. The van der Waals surface area contributed by atoms with Crippen molar-refractivity contribution in [3.05, 3.63) is 83.0 Å². The van der Waals surface area contributed by atoms with E-state index in [1.165, 1.54) is 18.2 Å². The second kappa shape index (κ2) is 10.0. The van der Waals surface area contributed by atoms with Gasteiger partial charge in [0.2, 0.25) is 0 Å². The van der Waals surface area contributed by atoms with Gasteiger partial charge in [0.1, 0.15) is 11.5 Å². The molecule has 2 heterocycles. The molecule has 6 nitrogen and oxygen atoms in total. The number of carbonyl (C=O) groups is 2. The summed E-state index contributed by atoms with van der Waals surface area (Å²) in [7, 11) is 0. The van der Waals surface area contributed by atoms with Crippen molar-refractivity contribution in [1.29, 1.82) is 0 Å². The predicted octanol–water partition coefficient (Wildman–Crippen LogP) is 6.54. The van der Waals surface area contributed by atoms with Gasteiger partial charge in [-0.05, 0) is 49.1 Å². The van der Waals surface area contributed by atoms with Gasteiger partial charge in [-0.1, -0.05) is 67.9 Å². The Morgan fingerprint density at radius 1 is 1.06 bits per heavy atom. The first-order chi connectivity index (χ1) is 17.0. The Morgan fingerprint density at radius 3 is 2.57 bits per heavy atom. The molecule has 1 aliphatic carbocycles. The molecule has 2 aromatic carbocycles. The van der Waals surface area contributed by atoms with Crippen molar-refractivity contribution in [2.45, 2.75) is 44.1 Å². The molecule has 3 atom stereocenters. The van der Waals surface area contributed by atoms with Gasteiger partial charge in [0, 0.05) is 23.4 Å². The van der Waals surface area contributed by atoms with Crippen LogP contribution >= 0.6 is 11.8 Å². The van der Waals surface area contributed by atoms with Crippen molar-refractivity contribution in [1.82, 2.24) is 4.90 Å². The van der Waals surface area contributed by atoms with Crippen molar-refractivity contribution < 1.29 is 19.1 Å². The summed E-state index contributed by atoms with van der Waals surface area (Å²) in [4.78, 5) is 27.9. The van der Waals surface area contributed by atoms with Crippen LogP contribution in [-0.4, -0.2) is 33.4 Å². The quantitative estimate of drug-likeness (QED) is 0.384. The summed E-state index contributed by atoms with van der Waals surface area (Å²) < 4.78 is 5.98. The number of aromatic carboxylic acids is 1. The number of carboxylic acid groups (broad SMARTS) is 1. The number of para-hydroxylation sites is 1. The van der Waals surface area contributed by atoms with Crippen molar-refractivity contribution in [3.8, 4) is 11.3 Å². The number of hydrogen-bond donors (Lipinski definition) is 2. The standard InChI is InChI=1S/C28H28N2O4S/c1-18-9-5-8-14-23(18)30-26(31)25(35-28(30)29-19-10-3-2-4-11-19)17-20-15-16-24(34-20)21-12-6-7-13-22(21)27(32)33/h2-4,6-7,10-13,15-18,23,28-29H,5,8-9,14H2,1H3,(H,32,33)/b25-17-/t18-,23+,28?/m0/s1. The molecule has 0 radical (unpaired) electrons. The molecule has 5 rings (SSSR count). The maximum atomic E-state index is 13.7. The number of rotatable bonds is 6. The molecule has 1 saturated carbocycles. The number of carbonyl (C=O) groups excluding carboxylic acids is 1. The Hall–Kier alpha value is -3.45. The van der Waals surface area contributed by atoms with E-state index in [0.29, 0.717) is 27.9 Å². The highest BCUT2D eigenvalue weighted by Crippen LogP contribution is 2.42. The molecule has 2 aliphatic rings. The largest absolute Gasteiger partial charge is 0.478 e. The second-order valence-corrected chi connectivity index (χ2v) is 10.2. The summed E-state index contributed by atoms with van der Waals surface area (Å²) >= 11 is 1.50. The van der Waals surface area contributed by atoms with E-state index in [2.05, 4.69) is 12.2 Å². The summed E-state index contributed by atoms with van der Waals surface area (Å²) in [6.45, 7) is 2.24. The van der Waals surface area contributed by atoms with E-state index in [0.717, 1.165) is 24.9 Å². The van der Waals surface area contributed by atoms with Crippen molar-refractivity contribution in [3.63, 3.8) is 0 Å². The molecule has 0 bridgehead atoms. The van der Waals surface area contributed by atoms with Crippen LogP contribution in [0.25, 0.3) is 17.4 Å². The highest BCUT2D eigenvalue weighted by atomic mass is 32.2. The topological polar surface area (TPSA) is 82.8 Å². The molecular weight excluding hydrogens is 460 g/mol. The lowest BCUT2D eigenvalue weighted by Crippen LogP contribution is -2.48. The first-order valence-electron chi connectivity index (χ1n) is 12.0. The van der Waals surface area contributed by atoms with Gasteiger partial charge in [0.05, 0.1) is 10.5 Å². The van der Waals surface area contributed by atoms with Crippen LogP contribution in [0, 0.1) is 5.92 Å². The van der Waals surface area contributed by atoms with E-state index < -0.39 is 5.97 Å². The van der Waals surface area contributed by atoms with Crippen molar-refractivity contribution in [2.24, 2.45) is 5.92 Å². The van der Waals surface area contributed by atoms with E-state index >= 15 is 0 Å². The minimum absolute atomic E-state index is 0.00562. The summed E-state index contributed by atoms with van der Waals surface area (Å²) in [5, 5.41) is 13.0. The highest BCUT2D eigenvalue weighted by molar-refractivity contribution is 8.05. The number of amides is 1. The third kappa shape index (κ3) is 4.86. The molecule has 1 amide bonds. The fourth-order valence-electron chi connectivity index (χ4n) is 4.96. The maximum Gasteiger partial charge on any atom is 0.336 e. The normalized spacial score (nSPS) is 23.6. The minimum atomic E-state index is -1.01. The zero-order valence-corrected chi connectivity index (χ0v) is 20.3. The number of hydrogen-bond acceptors (Lipinski definition) is 5. The number of benzene rings is 2. The van der Waals surface area contributed by atoms with Gasteiger partial charge >= 0.3 is 5.97 Å². The zero-order chi connectivity index (χ0) is 24.4. The van der Waals surface area contributed by atoms with Gasteiger partial charge in [-0.2, -0.15) is 0 Å². The molecule has 1 aromatic heterocycles. The lowest BCUT2D eigenvalue weighted by atomic mass is 9.85. The Bertz CT molecular complexity index is 1250. The van der Waals surface area contributed by atoms with Gasteiger partial charge in [-0.15, -0.1) is 0 Å². The summed E-state index contributed by atoms with van der Waals surface area (Å²) in [6, 6.07) is 20.4. The molecular formula is C28H28N2O4S. The van der Waals surface area contributed by atoms with Gasteiger partial charge in [0.25, 0.3) is 5.91 Å². The molecule has 2 fully saturated rings. The number of carboxylic acids is 1. The Labute approximate surface area is 209 Å². The highest BCUT2D eigenvalue weighted by Gasteiger charge is 2.43. The second-order valence-electron chi connectivity index (χ2n) is 9.08. The van der Waals surface area contributed by atoms with E-state index in [1.54, 1.807) is 42.5 Å². The Morgan fingerprint density at radius 2 is 1.80 bits per heavy atom. The average Bonchev–Trinajstić information content (AvgIpc) is 3.45. The van der Waals surface area contributed by atoms with Crippen molar-refractivity contribution >= 4 is 35.4 Å². The summed E-state index contributed by atoms with van der Waals surface area (Å²) in [5.41, 5.74) is 1.45. The fourth-order valence-corrected chi connectivity index (χ4v) is 6.15. The first kappa shape index (κ1) is 23.3. The SMILES string of the molecule is C[C@H]1CCCC[C@H]1N1C(=O)/C(=C/c2ccc(-c3ccccc3C(=O)O)o2)SC1Nc1ccccc1. The molecule has 1 aliphatic heterocycles. The smallest absolute Gasteiger partial charge is 0.336 e. The van der Waals surface area contributed by atoms with E-state index in [4.69, 9.17) is 4.42 Å². The molecule has 2 N–H and O–H groups in total. The number of anilines is 1. The molecule has 1 saturated heterocycles. The lowest BCUT2D eigenvalue weighted by Gasteiger charge is -2.39. The van der Waals surface area contributed by atoms with Gasteiger partial charge < -0.3 is 19.7 Å². The van der Waals surface area contributed by atoms with Crippen LogP contribution in [0.4, 0.5) is 5.69 Å². The molecule has 180 valence electrons. The Kier molecular flexibility index (Phi) is 6.68. The summed E-state index contributed by atoms with van der Waals surface area (Å²) in [5.74, 6) is 0.419. The fraction of sp³-hybridized carbons (Fsp3) is 0.286. The van der Waals surface area contributed by atoms with Crippen LogP contribution in [-0.2, 0) is 4.79 Å². The number of nitrogens with zero attached hydrogens (tertiary/aromatic N) is 1. The molecule has 3 aromatic rings. The van der Waals surface area contributed by atoms with Crippen molar-refractivity contribution in [2.75, 3.05) is 5.32 Å². The zero-order valence-electron chi connectivity index (χ0n) is 19.5. The van der Waals surface area contributed by atoms with Gasteiger partial charge in [-0.3, -0.25) is 4.79 Å². The van der Waals surface area contributed by atoms with E-state index in [-0.39, 0.29) is 23.0 Å². The predicted molar refractivity (Wildman–Crippen MR) is 139 cm³/mol. The maximum absolute atomic E-state index is 13.7. The number of thioether (sulfide) groups is 1. The van der Waals surface area contributed by atoms with E-state index in [9.17, 15) is 14.7 Å². The third-order valence-electron chi connectivity index (χ3n) is 6.75.